The van der Waals surface area contributed by atoms with Gasteiger partial charge < -0.3 is 15.0 Å². The number of carbonyl (C=O) groups is 1. The smallest absolute Gasteiger partial charge is 0.251 e. The highest BCUT2D eigenvalue weighted by Crippen LogP contribution is 2.34. The van der Waals surface area contributed by atoms with Crippen LogP contribution in [-0.2, 0) is 0 Å². The van der Waals surface area contributed by atoms with Gasteiger partial charge in [0.05, 0.1) is 11.8 Å². The molecule has 2 aromatic carbocycles. The second kappa shape index (κ2) is 9.02. The Kier molecular flexibility index (Phi) is 6.20. The van der Waals surface area contributed by atoms with Gasteiger partial charge in [-0.05, 0) is 37.6 Å². The van der Waals surface area contributed by atoms with Gasteiger partial charge >= 0.3 is 0 Å². The fourth-order valence-electron chi connectivity index (χ4n) is 3.78. The molecule has 1 fully saturated rings. The van der Waals surface area contributed by atoms with Crippen LogP contribution >= 0.6 is 11.3 Å². The number of piperazine rings is 1. The van der Waals surface area contributed by atoms with E-state index in [1.165, 1.54) is 0 Å². The second-order valence-corrected chi connectivity index (χ2v) is 8.72. The molecular formula is C23H28N4O2S. The SMILES string of the molecule is COc1cccc2sc(N3CCN(CCNC(=O)c4cc(C)ccc4C)CC3)nc12. The van der Waals surface area contributed by atoms with Crippen molar-refractivity contribution < 1.29 is 9.53 Å². The predicted octanol–water partition coefficient (Wildman–Crippen LogP) is 3.47. The molecule has 0 radical (unpaired) electrons. The van der Waals surface area contributed by atoms with Gasteiger partial charge in [0.2, 0.25) is 0 Å². The molecule has 1 N–H and O–H groups in total. The van der Waals surface area contributed by atoms with Crippen LogP contribution in [0.1, 0.15) is 21.5 Å². The number of nitrogens with one attached hydrogen (secondary N) is 1. The molecule has 0 atom stereocenters. The first-order valence-corrected chi connectivity index (χ1v) is 11.1. The lowest BCUT2D eigenvalue weighted by atomic mass is 10.1. The number of hydrogen-bond donors (Lipinski definition) is 1. The van der Waals surface area contributed by atoms with Crippen LogP contribution in [0.4, 0.5) is 5.13 Å². The summed E-state index contributed by atoms with van der Waals surface area (Å²) in [6.07, 6.45) is 0. The molecule has 1 aliphatic heterocycles. The van der Waals surface area contributed by atoms with Gasteiger partial charge in [-0.3, -0.25) is 9.69 Å². The summed E-state index contributed by atoms with van der Waals surface area (Å²) in [5.74, 6) is 0.839. The molecule has 0 unspecified atom stereocenters. The standard InChI is InChI=1S/C23H28N4O2S/c1-16-7-8-17(2)18(15-16)22(28)24-9-10-26-11-13-27(14-12-26)23-25-21-19(29-3)5-4-6-20(21)30-23/h4-8,15H,9-14H2,1-3H3,(H,24,28). The van der Waals surface area contributed by atoms with Crippen LogP contribution < -0.4 is 15.0 Å². The average Bonchev–Trinajstić information content (AvgIpc) is 3.20. The van der Waals surface area contributed by atoms with Crippen molar-refractivity contribution in [1.29, 1.82) is 0 Å². The van der Waals surface area contributed by atoms with Crippen molar-refractivity contribution in [3.63, 3.8) is 0 Å². The van der Waals surface area contributed by atoms with Crippen molar-refractivity contribution >= 4 is 32.6 Å². The Bertz CT molecular complexity index is 1040. The minimum absolute atomic E-state index is 0.0123. The summed E-state index contributed by atoms with van der Waals surface area (Å²) in [7, 11) is 1.69. The number of anilines is 1. The molecule has 0 saturated carbocycles. The Morgan fingerprint density at radius 2 is 1.97 bits per heavy atom. The minimum atomic E-state index is 0.0123. The predicted molar refractivity (Wildman–Crippen MR) is 123 cm³/mol. The van der Waals surface area contributed by atoms with E-state index in [-0.39, 0.29) is 5.91 Å². The molecular weight excluding hydrogens is 396 g/mol. The van der Waals surface area contributed by atoms with Gasteiger partial charge in [0.15, 0.2) is 5.13 Å². The molecule has 7 heteroatoms. The highest BCUT2D eigenvalue weighted by molar-refractivity contribution is 7.22. The van der Waals surface area contributed by atoms with E-state index in [0.29, 0.717) is 6.54 Å². The monoisotopic (exact) mass is 424 g/mol. The molecule has 1 amide bonds. The number of carbonyl (C=O) groups excluding carboxylic acids is 1. The topological polar surface area (TPSA) is 57.7 Å². The van der Waals surface area contributed by atoms with Gasteiger partial charge in [0.1, 0.15) is 11.3 Å². The average molecular weight is 425 g/mol. The highest BCUT2D eigenvalue weighted by Gasteiger charge is 2.20. The number of amides is 1. The quantitative estimate of drug-likeness (QED) is 0.657. The molecule has 1 aliphatic rings. The van der Waals surface area contributed by atoms with E-state index in [1.807, 2.05) is 44.2 Å². The van der Waals surface area contributed by atoms with E-state index >= 15 is 0 Å². The third-order valence-electron chi connectivity index (χ3n) is 5.58. The first-order chi connectivity index (χ1) is 14.5. The van der Waals surface area contributed by atoms with Crippen LogP contribution in [-0.4, -0.2) is 62.2 Å². The Morgan fingerprint density at radius 1 is 1.17 bits per heavy atom. The van der Waals surface area contributed by atoms with Crippen LogP contribution in [0.5, 0.6) is 5.75 Å². The lowest BCUT2D eigenvalue weighted by molar-refractivity contribution is 0.0947. The zero-order chi connectivity index (χ0) is 21.1. The number of aromatic nitrogens is 1. The summed E-state index contributed by atoms with van der Waals surface area (Å²) >= 11 is 1.72. The van der Waals surface area contributed by atoms with Crippen LogP contribution in [0, 0.1) is 13.8 Å². The molecule has 2 heterocycles. The van der Waals surface area contributed by atoms with E-state index in [4.69, 9.17) is 9.72 Å². The number of aryl methyl sites for hydroxylation is 2. The zero-order valence-electron chi connectivity index (χ0n) is 17.8. The van der Waals surface area contributed by atoms with E-state index in [2.05, 4.69) is 21.2 Å². The van der Waals surface area contributed by atoms with Crippen molar-refractivity contribution in [2.45, 2.75) is 13.8 Å². The molecule has 30 heavy (non-hydrogen) atoms. The van der Waals surface area contributed by atoms with Crippen molar-refractivity contribution in [2.75, 3.05) is 51.3 Å². The first kappa shape index (κ1) is 20.6. The van der Waals surface area contributed by atoms with E-state index < -0.39 is 0 Å². The largest absolute Gasteiger partial charge is 0.494 e. The fourth-order valence-corrected chi connectivity index (χ4v) is 4.81. The maximum Gasteiger partial charge on any atom is 0.251 e. The number of hydrogen-bond acceptors (Lipinski definition) is 6. The Balaban J connectivity index is 1.28. The number of ether oxygens (including phenoxy) is 1. The van der Waals surface area contributed by atoms with Gasteiger partial charge in [-0.1, -0.05) is 35.1 Å². The summed E-state index contributed by atoms with van der Waals surface area (Å²) in [4.78, 5) is 22.0. The molecule has 3 aromatic rings. The van der Waals surface area contributed by atoms with Crippen LogP contribution in [0.15, 0.2) is 36.4 Å². The highest BCUT2D eigenvalue weighted by atomic mass is 32.1. The third kappa shape index (κ3) is 4.42. The summed E-state index contributed by atoms with van der Waals surface area (Å²) in [5.41, 5.74) is 3.83. The van der Waals surface area contributed by atoms with Crippen molar-refractivity contribution in [3.8, 4) is 5.75 Å². The number of para-hydroxylation sites is 1. The molecule has 0 spiro atoms. The van der Waals surface area contributed by atoms with Crippen molar-refractivity contribution in [2.24, 2.45) is 0 Å². The molecule has 1 aromatic heterocycles. The first-order valence-electron chi connectivity index (χ1n) is 10.3. The number of nitrogens with zero attached hydrogens (tertiary/aromatic N) is 3. The molecule has 4 rings (SSSR count). The lowest BCUT2D eigenvalue weighted by Gasteiger charge is -2.34. The summed E-state index contributed by atoms with van der Waals surface area (Å²) < 4.78 is 6.59. The molecule has 1 saturated heterocycles. The van der Waals surface area contributed by atoms with Gasteiger partial charge in [-0.25, -0.2) is 4.98 Å². The Labute approximate surface area is 181 Å². The fraction of sp³-hybridized carbons (Fsp3) is 0.391. The minimum Gasteiger partial charge on any atom is -0.494 e. The van der Waals surface area contributed by atoms with Gasteiger partial charge in [0.25, 0.3) is 5.91 Å². The normalized spacial score (nSPS) is 14.8. The number of methoxy groups -OCH3 is 1. The Hall–Kier alpha value is -2.64. The van der Waals surface area contributed by atoms with Gasteiger partial charge in [0, 0.05) is 44.8 Å². The zero-order valence-corrected chi connectivity index (χ0v) is 18.6. The number of benzene rings is 2. The molecule has 0 bridgehead atoms. The van der Waals surface area contributed by atoms with Crippen molar-refractivity contribution in [1.82, 2.24) is 15.2 Å². The van der Waals surface area contributed by atoms with E-state index in [0.717, 1.165) is 70.5 Å². The number of thiazole rings is 1. The van der Waals surface area contributed by atoms with E-state index in [1.54, 1.807) is 18.4 Å². The van der Waals surface area contributed by atoms with Crippen molar-refractivity contribution in [3.05, 3.63) is 53.1 Å². The second-order valence-electron chi connectivity index (χ2n) is 7.71. The van der Waals surface area contributed by atoms with Crippen LogP contribution in [0.3, 0.4) is 0 Å². The Morgan fingerprint density at radius 3 is 2.73 bits per heavy atom. The van der Waals surface area contributed by atoms with Gasteiger partial charge in [-0.15, -0.1) is 0 Å². The summed E-state index contributed by atoms with van der Waals surface area (Å²) in [6.45, 7) is 9.31. The maximum atomic E-state index is 12.5. The van der Waals surface area contributed by atoms with E-state index in [9.17, 15) is 4.79 Å². The maximum absolute atomic E-state index is 12.5. The molecule has 6 nitrogen and oxygen atoms in total. The summed E-state index contributed by atoms with van der Waals surface area (Å²) in [5, 5.41) is 4.12. The van der Waals surface area contributed by atoms with Gasteiger partial charge in [-0.2, -0.15) is 0 Å². The third-order valence-corrected chi connectivity index (χ3v) is 6.67. The number of rotatable bonds is 6. The van der Waals surface area contributed by atoms with Crippen LogP contribution in [0.25, 0.3) is 10.2 Å². The van der Waals surface area contributed by atoms with Crippen LogP contribution in [0.2, 0.25) is 0 Å². The molecule has 158 valence electrons. The number of fused-ring (bicyclic) bond motifs is 1. The summed E-state index contributed by atoms with van der Waals surface area (Å²) in [6, 6.07) is 12.0. The lowest BCUT2D eigenvalue weighted by Crippen LogP contribution is -2.48. The molecule has 0 aliphatic carbocycles.